The number of methoxy groups -OCH3 is 1. The van der Waals surface area contributed by atoms with Crippen LogP contribution < -0.4 is 5.32 Å². The molecule has 0 aromatic carbocycles. The number of hydrogen-bond donors (Lipinski definition) is 1. The fourth-order valence-electron chi connectivity index (χ4n) is 1.97. The van der Waals surface area contributed by atoms with Gasteiger partial charge in [-0.1, -0.05) is 0 Å². The van der Waals surface area contributed by atoms with E-state index in [9.17, 15) is 13.2 Å². The van der Waals surface area contributed by atoms with Gasteiger partial charge in [0.2, 0.25) is 10.0 Å². The van der Waals surface area contributed by atoms with Crippen molar-refractivity contribution in [2.45, 2.75) is 17.4 Å². The maximum Gasteiger partial charge on any atom is 0.348 e. The number of sulfonamides is 1. The van der Waals surface area contributed by atoms with Crippen molar-refractivity contribution in [2.75, 3.05) is 27.2 Å². The van der Waals surface area contributed by atoms with Crippen LogP contribution in [0.25, 0.3) is 0 Å². The van der Waals surface area contributed by atoms with Crippen molar-refractivity contribution in [2.24, 2.45) is 0 Å². The SMILES string of the molecule is COC(=O)c1cc(S(=O)(=O)N(C)C2CCNC2)cs1.Cl. The van der Waals surface area contributed by atoms with Gasteiger partial charge in [0, 0.05) is 25.0 Å². The molecule has 1 unspecified atom stereocenters. The molecule has 20 heavy (non-hydrogen) atoms. The fraction of sp³-hybridized carbons (Fsp3) is 0.545. The van der Waals surface area contributed by atoms with Crippen LogP contribution in [0.5, 0.6) is 0 Å². The van der Waals surface area contributed by atoms with E-state index < -0.39 is 16.0 Å². The summed E-state index contributed by atoms with van der Waals surface area (Å²) in [6, 6.07) is 1.33. The molecule has 1 N–H and O–H groups in total. The smallest absolute Gasteiger partial charge is 0.348 e. The van der Waals surface area contributed by atoms with Crippen LogP contribution in [-0.4, -0.2) is 52.0 Å². The van der Waals surface area contributed by atoms with E-state index in [2.05, 4.69) is 10.1 Å². The number of carbonyl (C=O) groups is 1. The lowest BCUT2D eigenvalue weighted by atomic mass is 10.3. The van der Waals surface area contributed by atoms with Crippen molar-refractivity contribution >= 4 is 39.7 Å². The molecule has 1 aromatic rings. The molecular formula is C11H17ClN2O4S2. The number of ether oxygens (including phenoxy) is 1. The number of nitrogens with zero attached hydrogens (tertiary/aromatic N) is 1. The zero-order valence-corrected chi connectivity index (χ0v) is 13.6. The third kappa shape index (κ3) is 3.32. The first-order valence-corrected chi connectivity index (χ1v) is 8.14. The lowest BCUT2D eigenvalue weighted by Crippen LogP contribution is -2.38. The molecule has 0 bridgehead atoms. The van der Waals surface area contributed by atoms with E-state index >= 15 is 0 Å². The number of rotatable bonds is 4. The Kier molecular flexibility index (Phi) is 5.96. The number of thiophene rings is 1. The van der Waals surface area contributed by atoms with Crippen LogP contribution in [0, 0.1) is 0 Å². The average Bonchev–Trinajstić information content (AvgIpc) is 3.07. The minimum atomic E-state index is -3.55. The molecule has 0 saturated carbocycles. The lowest BCUT2D eigenvalue weighted by molar-refractivity contribution is 0.0606. The fourth-order valence-corrected chi connectivity index (χ4v) is 4.54. The zero-order chi connectivity index (χ0) is 14.0. The molecule has 1 aliphatic heterocycles. The van der Waals surface area contributed by atoms with E-state index in [1.54, 1.807) is 7.05 Å². The first-order chi connectivity index (χ1) is 8.96. The molecule has 2 heterocycles. The van der Waals surface area contributed by atoms with Gasteiger partial charge in [0.1, 0.15) is 4.88 Å². The second kappa shape index (κ2) is 6.86. The first kappa shape index (κ1) is 17.4. The van der Waals surface area contributed by atoms with Gasteiger partial charge in [-0.25, -0.2) is 13.2 Å². The molecule has 1 aromatic heterocycles. The molecule has 1 saturated heterocycles. The summed E-state index contributed by atoms with van der Waals surface area (Å²) in [6.07, 6.45) is 0.795. The highest BCUT2D eigenvalue weighted by molar-refractivity contribution is 7.89. The van der Waals surface area contributed by atoms with Crippen molar-refractivity contribution in [1.29, 1.82) is 0 Å². The van der Waals surface area contributed by atoms with Gasteiger partial charge in [-0.15, -0.1) is 23.7 Å². The van der Waals surface area contributed by atoms with Gasteiger partial charge in [-0.2, -0.15) is 4.31 Å². The van der Waals surface area contributed by atoms with E-state index in [4.69, 9.17) is 0 Å². The van der Waals surface area contributed by atoms with Crippen LogP contribution in [-0.2, 0) is 14.8 Å². The predicted octanol–water partition coefficient (Wildman–Crippen LogP) is 0.939. The highest BCUT2D eigenvalue weighted by Gasteiger charge is 2.31. The molecule has 0 spiro atoms. The Balaban J connectivity index is 0.00000200. The summed E-state index contributed by atoms with van der Waals surface area (Å²) in [4.78, 5) is 11.8. The normalized spacial score (nSPS) is 18.9. The minimum Gasteiger partial charge on any atom is -0.465 e. The number of halogens is 1. The summed E-state index contributed by atoms with van der Waals surface area (Å²) >= 11 is 1.07. The lowest BCUT2D eigenvalue weighted by Gasteiger charge is -2.22. The Bertz CT molecular complexity index is 567. The quantitative estimate of drug-likeness (QED) is 0.825. The van der Waals surface area contributed by atoms with Crippen molar-refractivity contribution in [3.8, 4) is 0 Å². The number of likely N-dealkylation sites (N-methyl/N-ethyl adjacent to an activating group) is 1. The topological polar surface area (TPSA) is 75.7 Å². The third-order valence-corrected chi connectivity index (χ3v) is 6.13. The minimum absolute atomic E-state index is 0. The van der Waals surface area contributed by atoms with Crippen LogP contribution in [0.1, 0.15) is 16.1 Å². The second-order valence-corrected chi connectivity index (χ2v) is 7.21. The average molecular weight is 341 g/mol. The second-order valence-electron chi connectivity index (χ2n) is 4.31. The molecule has 1 atom stereocenters. The summed E-state index contributed by atoms with van der Waals surface area (Å²) in [5.41, 5.74) is 0. The van der Waals surface area contributed by atoms with Crippen LogP contribution in [0.15, 0.2) is 16.3 Å². The van der Waals surface area contributed by atoms with Crippen LogP contribution in [0.4, 0.5) is 0 Å². The molecule has 6 nitrogen and oxygen atoms in total. The molecule has 9 heteroatoms. The zero-order valence-electron chi connectivity index (χ0n) is 11.2. The number of carbonyl (C=O) groups excluding carboxylic acids is 1. The van der Waals surface area contributed by atoms with Crippen molar-refractivity contribution in [3.05, 3.63) is 16.3 Å². The molecule has 2 rings (SSSR count). The highest BCUT2D eigenvalue weighted by Crippen LogP contribution is 2.24. The summed E-state index contributed by atoms with van der Waals surface area (Å²) in [5, 5.41) is 4.60. The van der Waals surface area contributed by atoms with E-state index in [0.717, 1.165) is 24.3 Å². The standard InChI is InChI=1S/C11H16N2O4S2.ClH/c1-13(8-3-4-12-6-8)19(15,16)9-5-10(18-7-9)11(14)17-2;/h5,7-8,12H,3-4,6H2,1-2H3;1H. The molecule has 0 amide bonds. The maximum atomic E-state index is 12.4. The van der Waals surface area contributed by atoms with Crippen molar-refractivity contribution in [3.63, 3.8) is 0 Å². The predicted molar refractivity (Wildman–Crippen MR) is 79.1 cm³/mol. The molecule has 1 aliphatic rings. The maximum absolute atomic E-state index is 12.4. The van der Waals surface area contributed by atoms with Crippen molar-refractivity contribution < 1.29 is 17.9 Å². The molecule has 0 radical (unpaired) electrons. The Morgan fingerprint density at radius 1 is 1.55 bits per heavy atom. The number of hydrogen-bond acceptors (Lipinski definition) is 6. The van der Waals surface area contributed by atoms with Crippen LogP contribution >= 0.6 is 23.7 Å². The number of nitrogens with one attached hydrogen (secondary N) is 1. The van der Waals surface area contributed by atoms with Gasteiger partial charge in [-0.05, 0) is 19.0 Å². The van der Waals surface area contributed by atoms with Gasteiger partial charge in [-0.3, -0.25) is 0 Å². The third-order valence-electron chi connectivity index (χ3n) is 3.19. The Morgan fingerprint density at radius 2 is 2.25 bits per heavy atom. The largest absolute Gasteiger partial charge is 0.465 e. The van der Waals surface area contributed by atoms with E-state index in [0.29, 0.717) is 11.4 Å². The molecule has 1 fully saturated rings. The highest BCUT2D eigenvalue weighted by atomic mass is 35.5. The first-order valence-electron chi connectivity index (χ1n) is 5.82. The monoisotopic (exact) mass is 340 g/mol. The van der Waals surface area contributed by atoms with E-state index in [-0.39, 0.29) is 23.3 Å². The van der Waals surface area contributed by atoms with Gasteiger partial charge >= 0.3 is 5.97 Å². The molecule has 114 valence electrons. The number of esters is 1. The molecular weight excluding hydrogens is 324 g/mol. The van der Waals surface area contributed by atoms with Gasteiger partial charge in [0.15, 0.2) is 0 Å². The Hall–Kier alpha value is -0.670. The Labute approximate surface area is 128 Å². The van der Waals surface area contributed by atoms with E-state index in [1.807, 2.05) is 0 Å². The van der Waals surface area contributed by atoms with Gasteiger partial charge < -0.3 is 10.1 Å². The molecule has 0 aliphatic carbocycles. The summed E-state index contributed by atoms with van der Waals surface area (Å²) in [7, 11) is -0.705. The van der Waals surface area contributed by atoms with E-state index in [1.165, 1.54) is 22.9 Å². The van der Waals surface area contributed by atoms with Crippen molar-refractivity contribution in [1.82, 2.24) is 9.62 Å². The summed E-state index contributed by atoms with van der Waals surface area (Å²) in [5.74, 6) is -0.517. The Morgan fingerprint density at radius 3 is 2.80 bits per heavy atom. The van der Waals surface area contributed by atoms with Gasteiger partial charge in [0.05, 0.1) is 12.0 Å². The summed E-state index contributed by atoms with van der Waals surface area (Å²) in [6.45, 7) is 1.48. The van der Waals surface area contributed by atoms with Crippen LogP contribution in [0.3, 0.4) is 0 Å². The van der Waals surface area contributed by atoms with Crippen LogP contribution in [0.2, 0.25) is 0 Å². The summed E-state index contributed by atoms with van der Waals surface area (Å²) < 4.78 is 30.7. The van der Waals surface area contributed by atoms with Gasteiger partial charge in [0.25, 0.3) is 0 Å².